The maximum Gasteiger partial charge on any atom is 0.220 e. The van der Waals surface area contributed by atoms with Crippen molar-refractivity contribution in [3.63, 3.8) is 0 Å². The van der Waals surface area contributed by atoms with Crippen molar-refractivity contribution in [2.24, 2.45) is 0 Å². The highest BCUT2D eigenvalue weighted by atomic mass is 16.5. The van der Waals surface area contributed by atoms with E-state index in [1.807, 2.05) is 13.8 Å². The van der Waals surface area contributed by atoms with Crippen molar-refractivity contribution in [2.75, 3.05) is 52.7 Å². The van der Waals surface area contributed by atoms with Crippen molar-refractivity contribution in [3.8, 4) is 0 Å². The topological polar surface area (TPSA) is 68.8 Å². The summed E-state index contributed by atoms with van der Waals surface area (Å²) in [6.07, 6.45) is 1.48. The molecule has 0 atom stereocenters. The van der Waals surface area contributed by atoms with Crippen LogP contribution in [0.4, 0.5) is 0 Å². The maximum atomic E-state index is 11.5. The highest BCUT2D eigenvalue weighted by Gasteiger charge is 2.01. The zero-order valence-electron chi connectivity index (χ0n) is 13.8. The van der Waals surface area contributed by atoms with Crippen molar-refractivity contribution in [1.29, 1.82) is 0 Å². The Kier molecular flexibility index (Phi) is 15.2. The van der Waals surface area contributed by atoms with Gasteiger partial charge in [0, 0.05) is 29.0 Å². The second-order valence-electron chi connectivity index (χ2n) is 4.95. The third-order valence-electron chi connectivity index (χ3n) is 2.61. The third kappa shape index (κ3) is 17.3. The summed E-state index contributed by atoms with van der Waals surface area (Å²) in [6.45, 7) is 11.4. The smallest absolute Gasteiger partial charge is 0.220 e. The quantitative estimate of drug-likeness (QED) is 0.448. The number of carbonyl (C=O) groups is 1. The summed E-state index contributed by atoms with van der Waals surface area (Å²) in [6, 6.07) is 0. The van der Waals surface area contributed by atoms with Crippen LogP contribution in [0.2, 0.25) is 0 Å². The highest BCUT2D eigenvalue weighted by molar-refractivity contribution is 5.75. The predicted octanol–water partition coefficient (Wildman–Crippen LogP) is 1.44. The average Bonchev–Trinajstić information content (AvgIpc) is 2.45. The summed E-state index contributed by atoms with van der Waals surface area (Å²) in [4.78, 5) is 11.5. The Morgan fingerprint density at radius 3 is 2.33 bits per heavy atom. The van der Waals surface area contributed by atoms with E-state index < -0.39 is 0 Å². The summed E-state index contributed by atoms with van der Waals surface area (Å²) in [5.74, 6) is 0.0489. The first kappa shape index (κ1) is 20.3. The maximum absolute atomic E-state index is 11.5. The van der Waals surface area contributed by atoms with Crippen molar-refractivity contribution in [2.45, 2.75) is 39.7 Å². The molecule has 0 aromatic heterocycles. The molecule has 1 amide bonds. The molecule has 21 heavy (non-hydrogen) atoms. The van der Waals surface area contributed by atoms with Gasteiger partial charge in [0.05, 0.1) is 32.5 Å². The number of carbonyl (C=O) groups excluding carboxylic acids is 1. The molecule has 6 nitrogen and oxygen atoms in total. The second-order valence-corrected chi connectivity index (χ2v) is 4.95. The first-order chi connectivity index (χ1) is 10.2. The van der Waals surface area contributed by atoms with Gasteiger partial charge in [-0.3, -0.25) is 4.79 Å². The van der Waals surface area contributed by atoms with E-state index in [2.05, 4.69) is 17.6 Å². The van der Waals surface area contributed by atoms with Crippen LogP contribution in [0.5, 0.6) is 0 Å². The number of likely N-dealkylation sites (N-methyl/N-ethyl adjacent to an activating group) is 1. The first-order valence-corrected chi connectivity index (χ1v) is 7.91. The lowest BCUT2D eigenvalue weighted by Gasteiger charge is -2.08. The minimum atomic E-state index is 0. The van der Waals surface area contributed by atoms with Gasteiger partial charge in [-0.15, -0.1) is 0 Å². The largest absolute Gasteiger partial charge is 0.379 e. The van der Waals surface area contributed by atoms with Crippen molar-refractivity contribution in [3.05, 3.63) is 0 Å². The molecule has 0 aromatic carbocycles. The Balaban J connectivity index is -0.00000200. The number of hydrogen-bond acceptors (Lipinski definition) is 5. The van der Waals surface area contributed by atoms with Gasteiger partial charge >= 0.3 is 0 Å². The number of nitrogens with one attached hydrogen (secondary N) is 2. The van der Waals surface area contributed by atoms with Gasteiger partial charge in [0.1, 0.15) is 0 Å². The average molecular weight is 308 g/mol. The molecule has 6 heteroatoms. The summed E-state index contributed by atoms with van der Waals surface area (Å²) in [5, 5.41) is 6.00. The van der Waals surface area contributed by atoms with Gasteiger partial charge in [-0.25, -0.2) is 0 Å². The van der Waals surface area contributed by atoms with E-state index in [1.54, 1.807) is 0 Å². The molecule has 0 aromatic rings. The molecule has 130 valence electrons. The molecule has 0 saturated carbocycles. The number of rotatable bonds is 15. The van der Waals surface area contributed by atoms with Gasteiger partial charge in [-0.1, -0.05) is 6.92 Å². The molecule has 0 unspecified atom stereocenters. The van der Waals surface area contributed by atoms with Crippen LogP contribution in [0.25, 0.3) is 0 Å². The Morgan fingerprint density at radius 1 is 1.05 bits per heavy atom. The van der Waals surface area contributed by atoms with Gasteiger partial charge in [0.25, 0.3) is 0 Å². The van der Waals surface area contributed by atoms with Gasteiger partial charge in [-0.2, -0.15) is 0 Å². The molecular weight excluding hydrogens is 272 g/mol. The van der Waals surface area contributed by atoms with E-state index in [0.717, 1.165) is 19.5 Å². The zero-order chi connectivity index (χ0) is 15.8. The van der Waals surface area contributed by atoms with E-state index in [-0.39, 0.29) is 14.9 Å². The lowest BCUT2D eigenvalue weighted by molar-refractivity contribution is -0.121. The molecule has 2 N–H and O–H groups in total. The van der Waals surface area contributed by atoms with Gasteiger partial charge in [0.2, 0.25) is 5.91 Å². The van der Waals surface area contributed by atoms with Crippen LogP contribution in [0.15, 0.2) is 0 Å². The zero-order valence-corrected chi connectivity index (χ0v) is 13.8. The van der Waals surface area contributed by atoms with E-state index >= 15 is 0 Å². The second kappa shape index (κ2) is 15.7. The monoisotopic (exact) mass is 308 g/mol. The molecule has 0 aliphatic rings. The minimum Gasteiger partial charge on any atom is -0.379 e. The molecule has 0 aliphatic carbocycles. The Hall–Kier alpha value is -0.690. The summed E-state index contributed by atoms with van der Waals surface area (Å²) >= 11 is 0. The van der Waals surface area contributed by atoms with Crippen molar-refractivity contribution >= 4 is 5.91 Å². The Labute approximate surface area is 131 Å². The summed E-state index contributed by atoms with van der Waals surface area (Å²) in [5.41, 5.74) is 0. The third-order valence-corrected chi connectivity index (χ3v) is 2.61. The number of amides is 1. The summed E-state index contributed by atoms with van der Waals surface area (Å²) in [7, 11) is 0. The first-order valence-electron chi connectivity index (χ1n) is 7.91. The normalized spacial score (nSPS) is 11.0. The van der Waals surface area contributed by atoms with Crippen molar-refractivity contribution in [1.82, 2.24) is 10.6 Å². The van der Waals surface area contributed by atoms with Crippen LogP contribution in [-0.2, 0) is 19.0 Å². The fourth-order valence-corrected chi connectivity index (χ4v) is 1.55. The molecule has 0 radical (unpaired) electrons. The fraction of sp³-hybridized carbons (Fsp3) is 0.933. The van der Waals surface area contributed by atoms with Crippen LogP contribution >= 0.6 is 0 Å². The van der Waals surface area contributed by atoms with Gasteiger partial charge in [0.15, 0.2) is 0 Å². The molecule has 0 spiro atoms. The molecule has 0 fully saturated rings. The molecule has 0 bridgehead atoms. The van der Waals surface area contributed by atoms with E-state index in [1.165, 1.54) is 0 Å². The van der Waals surface area contributed by atoms with E-state index in [4.69, 9.17) is 14.2 Å². The van der Waals surface area contributed by atoms with Crippen LogP contribution in [-0.4, -0.2) is 64.7 Å². The Bertz CT molecular complexity index is 248. The van der Waals surface area contributed by atoms with Crippen LogP contribution in [0.3, 0.4) is 0 Å². The molecule has 0 saturated heterocycles. The van der Waals surface area contributed by atoms with Crippen LogP contribution in [0, 0.1) is 0 Å². The van der Waals surface area contributed by atoms with E-state index in [9.17, 15) is 4.79 Å². The van der Waals surface area contributed by atoms with Gasteiger partial charge in [-0.05, 0) is 26.8 Å². The highest BCUT2D eigenvalue weighted by Crippen LogP contribution is 1.94. The number of hydrogen-bond donors (Lipinski definition) is 2. The van der Waals surface area contributed by atoms with Gasteiger partial charge < -0.3 is 24.8 Å². The standard InChI is InChI=1S/C15H32N2O4.2H2/c1-4-16-7-10-19-12-13-20-11-8-17-15(18)6-5-9-21-14(2)3;;/h14,16H,4-13H2,1-3H3,(H,17,18);2*1H. The molecule has 0 aliphatic heterocycles. The van der Waals surface area contributed by atoms with E-state index in [0.29, 0.717) is 46.0 Å². The molecular formula is C15H36N2O4. The fourth-order valence-electron chi connectivity index (χ4n) is 1.55. The lowest BCUT2D eigenvalue weighted by Crippen LogP contribution is -2.27. The van der Waals surface area contributed by atoms with Crippen LogP contribution in [0.1, 0.15) is 36.5 Å². The minimum absolute atomic E-state index is 0. The molecule has 0 heterocycles. The van der Waals surface area contributed by atoms with Crippen molar-refractivity contribution < 1.29 is 21.9 Å². The SMILES string of the molecule is CCNCCOCCOCCNC(=O)CCCOC(C)C.[HH].[HH]. The Morgan fingerprint density at radius 2 is 1.71 bits per heavy atom. The lowest BCUT2D eigenvalue weighted by atomic mass is 10.3. The van der Waals surface area contributed by atoms with Crippen LogP contribution < -0.4 is 10.6 Å². The number of ether oxygens (including phenoxy) is 3. The summed E-state index contributed by atoms with van der Waals surface area (Å²) < 4.78 is 16.1. The molecule has 0 rings (SSSR count). The predicted molar refractivity (Wildman–Crippen MR) is 87.7 cm³/mol.